The number of amides is 1. The maximum Gasteiger partial charge on any atom is 0.334 e. The van der Waals surface area contributed by atoms with Gasteiger partial charge in [0.1, 0.15) is 0 Å². The molecule has 0 spiro atoms. The van der Waals surface area contributed by atoms with Crippen molar-refractivity contribution in [3.8, 4) is 0 Å². The molecule has 3 N–H and O–H groups in total. The summed E-state index contributed by atoms with van der Waals surface area (Å²) in [7, 11) is 0. The van der Waals surface area contributed by atoms with Crippen molar-refractivity contribution in [2.24, 2.45) is 11.8 Å². The number of rotatable bonds is 4. The Bertz CT molecular complexity index is 306. The highest BCUT2D eigenvalue weighted by Crippen LogP contribution is 2.32. The molecule has 0 aromatic rings. The maximum atomic E-state index is 11.8. The SMILES string of the molecule is CC1OC(C)C(C(=O)NCC(O)C(=O)O)C1C. The molecule has 0 aromatic heterocycles. The van der Waals surface area contributed by atoms with E-state index in [4.69, 9.17) is 14.9 Å². The van der Waals surface area contributed by atoms with Gasteiger partial charge in [0, 0.05) is 0 Å². The van der Waals surface area contributed by atoms with Gasteiger partial charge in [-0.3, -0.25) is 4.79 Å². The molecule has 5 unspecified atom stereocenters. The molecule has 1 aliphatic rings. The quantitative estimate of drug-likeness (QED) is 0.626. The normalized spacial score (nSPS) is 34.4. The standard InChI is InChI=1S/C11H19NO5/c1-5-6(2)17-7(3)9(5)10(14)12-4-8(13)11(15)16/h5-9,13H,4H2,1-3H3,(H,12,14)(H,15,16). The smallest absolute Gasteiger partial charge is 0.334 e. The Morgan fingerprint density at radius 1 is 1.29 bits per heavy atom. The first-order valence-electron chi connectivity index (χ1n) is 5.68. The highest BCUT2D eigenvalue weighted by molar-refractivity contribution is 5.81. The largest absolute Gasteiger partial charge is 0.479 e. The number of carboxylic acids is 1. The average Bonchev–Trinajstić information content (AvgIpc) is 2.49. The lowest BCUT2D eigenvalue weighted by molar-refractivity contribution is -0.146. The van der Waals surface area contributed by atoms with E-state index >= 15 is 0 Å². The van der Waals surface area contributed by atoms with E-state index in [-0.39, 0.29) is 36.5 Å². The molecule has 0 aliphatic carbocycles. The van der Waals surface area contributed by atoms with Crippen LogP contribution in [0.2, 0.25) is 0 Å². The number of aliphatic hydroxyl groups is 1. The van der Waals surface area contributed by atoms with Gasteiger partial charge in [0.15, 0.2) is 6.10 Å². The van der Waals surface area contributed by atoms with Gasteiger partial charge in [-0.15, -0.1) is 0 Å². The van der Waals surface area contributed by atoms with Crippen molar-refractivity contribution in [1.82, 2.24) is 5.32 Å². The maximum absolute atomic E-state index is 11.8. The van der Waals surface area contributed by atoms with Gasteiger partial charge in [0.25, 0.3) is 0 Å². The third kappa shape index (κ3) is 3.17. The van der Waals surface area contributed by atoms with Gasteiger partial charge in [0.05, 0.1) is 24.7 Å². The summed E-state index contributed by atoms with van der Waals surface area (Å²) in [6.07, 6.45) is -1.75. The minimum atomic E-state index is -1.57. The first-order valence-corrected chi connectivity index (χ1v) is 5.68. The van der Waals surface area contributed by atoms with E-state index in [1.165, 1.54) is 0 Å². The molecule has 1 amide bonds. The van der Waals surface area contributed by atoms with Crippen molar-refractivity contribution in [2.45, 2.75) is 39.1 Å². The number of ether oxygens (including phenoxy) is 1. The highest BCUT2D eigenvalue weighted by atomic mass is 16.5. The summed E-state index contributed by atoms with van der Waals surface area (Å²) in [6, 6.07) is 0. The molecular weight excluding hydrogens is 226 g/mol. The molecule has 1 heterocycles. The van der Waals surface area contributed by atoms with Crippen molar-refractivity contribution in [3.05, 3.63) is 0 Å². The number of nitrogens with one attached hydrogen (secondary N) is 1. The van der Waals surface area contributed by atoms with E-state index in [1.807, 2.05) is 20.8 Å². The number of carbonyl (C=O) groups excluding carboxylic acids is 1. The van der Waals surface area contributed by atoms with Crippen LogP contribution in [0.1, 0.15) is 20.8 Å². The molecule has 1 rings (SSSR count). The van der Waals surface area contributed by atoms with Gasteiger partial charge in [-0.05, 0) is 19.8 Å². The number of carboxylic acid groups (broad SMARTS) is 1. The monoisotopic (exact) mass is 245 g/mol. The van der Waals surface area contributed by atoms with Crippen LogP contribution in [0.25, 0.3) is 0 Å². The Labute approximate surface area is 100.0 Å². The summed E-state index contributed by atoms with van der Waals surface area (Å²) in [6.45, 7) is 5.36. The lowest BCUT2D eigenvalue weighted by atomic mass is 9.89. The Morgan fingerprint density at radius 3 is 2.29 bits per heavy atom. The molecule has 1 aliphatic heterocycles. The van der Waals surface area contributed by atoms with Crippen LogP contribution in [0.15, 0.2) is 0 Å². The third-order valence-electron chi connectivity index (χ3n) is 3.30. The molecular formula is C11H19NO5. The molecule has 0 saturated carbocycles. The van der Waals surface area contributed by atoms with Crippen molar-refractivity contribution in [3.63, 3.8) is 0 Å². The molecule has 17 heavy (non-hydrogen) atoms. The van der Waals surface area contributed by atoms with Crippen LogP contribution in [-0.4, -0.2) is 46.9 Å². The second kappa shape index (κ2) is 5.46. The van der Waals surface area contributed by atoms with Gasteiger partial charge < -0.3 is 20.3 Å². The third-order valence-corrected chi connectivity index (χ3v) is 3.30. The predicted molar refractivity (Wildman–Crippen MR) is 59.3 cm³/mol. The minimum absolute atomic E-state index is 0.00477. The second-order valence-electron chi connectivity index (χ2n) is 4.53. The fourth-order valence-corrected chi connectivity index (χ4v) is 2.12. The number of carbonyl (C=O) groups is 2. The van der Waals surface area contributed by atoms with Gasteiger partial charge in [0.2, 0.25) is 5.91 Å². The van der Waals surface area contributed by atoms with Gasteiger partial charge in [-0.25, -0.2) is 4.79 Å². The Hall–Kier alpha value is -1.14. The average molecular weight is 245 g/mol. The number of hydrogen-bond acceptors (Lipinski definition) is 4. The van der Waals surface area contributed by atoms with E-state index < -0.39 is 12.1 Å². The summed E-state index contributed by atoms with van der Waals surface area (Å²) in [4.78, 5) is 22.2. The molecule has 0 aromatic carbocycles. The fraction of sp³-hybridized carbons (Fsp3) is 0.818. The van der Waals surface area contributed by atoms with Gasteiger partial charge in [-0.2, -0.15) is 0 Å². The zero-order valence-corrected chi connectivity index (χ0v) is 10.2. The van der Waals surface area contributed by atoms with Crippen molar-refractivity contribution in [2.75, 3.05) is 6.54 Å². The first-order chi connectivity index (χ1) is 7.84. The summed E-state index contributed by atoms with van der Waals surface area (Å²) >= 11 is 0. The number of aliphatic hydroxyl groups excluding tert-OH is 1. The lowest BCUT2D eigenvalue weighted by Gasteiger charge is -2.18. The van der Waals surface area contributed by atoms with Crippen molar-refractivity contribution in [1.29, 1.82) is 0 Å². The zero-order valence-electron chi connectivity index (χ0n) is 10.2. The first kappa shape index (κ1) is 13.9. The molecule has 6 heteroatoms. The fourth-order valence-electron chi connectivity index (χ4n) is 2.12. The van der Waals surface area contributed by atoms with Crippen LogP contribution >= 0.6 is 0 Å². The molecule has 5 atom stereocenters. The predicted octanol–water partition coefficient (Wildman–Crippen LogP) is -0.392. The van der Waals surface area contributed by atoms with Crippen LogP contribution in [0.5, 0.6) is 0 Å². The van der Waals surface area contributed by atoms with Crippen LogP contribution in [0.4, 0.5) is 0 Å². The van der Waals surface area contributed by atoms with Crippen molar-refractivity contribution >= 4 is 11.9 Å². The van der Waals surface area contributed by atoms with Crippen LogP contribution in [-0.2, 0) is 14.3 Å². The topological polar surface area (TPSA) is 95.9 Å². The van der Waals surface area contributed by atoms with Crippen molar-refractivity contribution < 1.29 is 24.5 Å². The number of hydrogen-bond donors (Lipinski definition) is 3. The Balaban J connectivity index is 2.50. The van der Waals surface area contributed by atoms with E-state index in [0.717, 1.165) is 0 Å². The summed E-state index contributed by atoms with van der Waals surface area (Å²) in [5.74, 6) is -1.84. The highest BCUT2D eigenvalue weighted by Gasteiger charge is 2.41. The van der Waals surface area contributed by atoms with Crippen LogP contribution < -0.4 is 5.32 Å². The molecule has 6 nitrogen and oxygen atoms in total. The zero-order chi connectivity index (χ0) is 13.2. The number of aliphatic carboxylic acids is 1. The Kier molecular flexibility index (Phi) is 4.47. The van der Waals surface area contributed by atoms with E-state index in [9.17, 15) is 9.59 Å². The van der Waals surface area contributed by atoms with E-state index in [1.54, 1.807) is 0 Å². The molecule has 0 radical (unpaired) electrons. The molecule has 0 bridgehead atoms. The lowest BCUT2D eigenvalue weighted by Crippen LogP contribution is -2.42. The summed E-state index contributed by atoms with van der Waals surface area (Å²) in [5.41, 5.74) is 0. The molecule has 98 valence electrons. The summed E-state index contributed by atoms with van der Waals surface area (Å²) < 4.78 is 5.52. The van der Waals surface area contributed by atoms with E-state index in [0.29, 0.717) is 0 Å². The van der Waals surface area contributed by atoms with E-state index in [2.05, 4.69) is 5.32 Å². The van der Waals surface area contributed by atoms with Crippen LogP contribution in [0, 0.1) is 11.8 Å². The van der Waals surface area contributed by atoms with Crippen LogP contribution in [0.3, 0.4) is 0 Å². The molecule has 1 fully saturated rings. The summed E-state index contributed by atoms with van der Waals surface area (Å²) in [5, 5.41) is 20.0. The molecule has 1 saturated heterocycles. The van der Waals surface area contributed by atoms with Gasteiger partial charge in [-0.1, -0.05) is 6.92 Å². The van der Waals surface area contributed by atoms with Gasteiger partial charge >= 0.3 is 5.97 Å². The Morgan fingerprint density at radius 2 is 1.88 bits per heavy atom. The second-order valence-corrected chi connectivity index (χ2v) is 4.53. The minimum Gasteiger partial charge on any atom is -0.479 e.